The van der Waals surface area contributed by atoms with Crippen molar-refractivity contribution in [2.24, 2.45) is 0 Å². The predicted molar refractivity (Wildman–Crippen MR) is 130 cm³/mol. The Kier molecular flexibility index (Phi) is 5.16. The largest absolute Gasteiger partial charge is 0.444 e. The van der Waals surface area contributed by atoms with Crippen LogP contribution in [0.1, 0.15) is 33.4 Å². The number of pyridine rings is 1. The molecule has 0 aliphatic carbocycles. The number of hydrogen-bond donors (Lipinski definition) is 0. The molecule has 168 valence electrons. The Labute approximate surface area is 193 Å². The molecule has 1 atom stereocenters. The highest BCUT2D eigenvalue weighted by atomic mass is 16.6. The molecule has 3 heterocycles. The van der Waals surface area contributed by atoms with Crippen molar-refractivity contribution in [3.05, 3.63) is 72.7 Å². The van der Waals surface area contributed by atoms with Gasteiger partial charge in [0.2, 0.25) is 0 Å². The van der Waals surface area contributed by atoms with Gasteiger partial charge in [-0.25, -0.2) is 4.79 Å². The van der Waals surface area contributed by atoms with Gasteiger partial charge in [0.05, 0.1) is 24.8 Å². The van der Waals surface area contributed by atoms with E-state index < -0.39 is 5.60 Å². The molecule has 1 aliphatic rings. The molecule has 1 amide bonds. The van der Waals surface area contributed by atoms with Gasteiger partial charge in [-0.05, 0) is 62.2 Å². The van der Waals surface area contributed by atoms with Gasteiger partial charge < -0.3 is 4.74 Å². The highest BCUT2D eigenvalue weighted by Crippen LogP contribution is 2.38. The topological polar surface area (TPSA) is 60.2 Å². The Balaban J connectivity index is 1.64. The zero-order valence-electron chi connectivity index (χ0n) is 19.4. The molecule has 6 nitrogen and oxygen atoms in total. The zero-order chi connectivity index (χ0) is 23.2. The molecule has 1 aliphatic heterocycles. The summed E-state index contributed by atoms with van der Waals surface area (Å²) in [4.78, 5) is 19.0. The molecule has 2 aromatic carbocycles. The number of amides is 1. The standard InChI is InChI=1S/C27H28N4O2/c1-18-16-31-23(17-30(18)26(32)33-27(2,3)4)24(20-11-13-28-14-12-20)25(29-31)22-10-9-19-7-5-6-8-21(19)15-22/h5-15,18H,16-17H2,1-4H3. The van der Waals surface area contributed by atoms with Crippen LogP contribution in [0.5, 0.6) is 0 Å². The first-order valence-electron chi connectivity index (χ1n) is 11.3. The Morgan fingerprint density at radius 2 is 1.73 bits per heavy atom. The summed E-state index contributed by atoms with van der Waals surface area (Å²) in [6, 6.07) is 18.7. The number of benzene rings is 2. The van der Waals surface area contributed by atoms with Gasteiger partial charge in [-0.2, -0.15) is 5.10 Å². The predicted octanol–water partition coefficient (Wildman–Crippen LogP) is 5.90. The number of carbonyl (C=O) groups excluding carboxylic acids is 1. The Morgan fingerprint density at radius 1 is 1.00 bits per heavy atom. The lowest BCUT2D eigenvalue weighted by molar-refractivity contribution is 0.00914. The van der Waals surface area contributed by atoms with Crippen molar-refractivity contribution in [1.82, 2.24) is 19.7 Å². The SMILES string of the molecule is CC1Cn2nc(-c3ccc4ccccc4c3)c(-c3ccncc3)c2CN1C(=O)OC(C)(C)C. The van der Waals surface area contributed by atoms with Gasteiger partial charge in [-0.15, -0.1) is 0 Å². The quantitative estimate of drug-likeness (QED) is 0.389. The molecule has 0 radical (unpaired) electrons. The molecule has 0 saturated carbocycles. The number of rotatable bonds is 2. The van der Waals surface area contributed by atoms with E-state index in [9.17, 15) is 4.79 Å². The summed E-state index contributed by atoms with van der Waals surface area (Å²) in [5, 5.41) is 7.41. The van der Waals surface area contributed by atoms with Crippen molar-refractivity contribution >= 4 is 16.9 Å². The second-order valence-corrected chi connectivity index (χ2v) is 9.61. The van der Waals surface area contributed by atoms with Crippen LogP contribution < -0.4 is 0 Å². The van der Waals surface area contributed by atoms with E-state index in [1.54, 1.807) is 17.3 Å². The van der Waals surface area contributed by atoms with Crippen LogP contribution in [0.2, 0.25) is 0 Å². The minimum atomic E-state index is -0.543. The molecule has 6 heteroatoms. The van der Waals surface area contributed by atoms with E-state index in [1.165, 1.54) is 10.8 Å². The van der Waals surface area contributed by atoms with Crippen LogP contribution in [0, 0.1) is 0 Å². The van der Waals surface area contributed by atoms with Crippen LogP contribution in [0.4, 0.5) is 4.79 Å². The lowest BCUT2D eigenvalue weighted by Crippen LogP contribution is -2.47. The van der Waals surface area contributed by atoms with Crippen molar-refractivity contribution in [2.75, 3.05) is 0 Å². The maximum Gasteiger partial charge on any atom is 0.410 e. The Morgan fingerprint density at radius 3 is 2.45 bits per heavy atom. The third-order valence-electron chi connectivity index (χ3n) is 5.97. The van der Waals surface area contributed by atoms with Crippen molar-refractivity contribution in [3.63, 3.8) is 0 Å². The maximum absolute atomic E-state index is 13.0. The van der Waals surface area contributed by atoms with Crippen molar-refractivity contribution in [3.8, 4) is 22.4 Å². The Hall–Kier alpha value is -3.67. The minimum absolute atomic E-state index is 0.0259. The van der Waals surface area contributed by atoms with E-state index in [0.29, 0.717) is 13.1 Å². The molecule has 0 spiro atoms. The van der Waals surface area contributed by atoms with E-state index in [2.05, 4.69) is 41.4 Å². The van der Waals surface area contributed by atoms with Gasteiger partial charge in [0.15, 0.2) is 0 Å². The summed E-state index contributed by atoms with van der Waals surface area (Å²) < 4.78 is 7.74. The fourth-order valence-electron chi connectivity index (χ4n) is 4.40. The van der Waals surface area contributed by atoms with E-state index in [1.807, 2.05) is 50.6 Å². The summed E-state index contributed by atoms with van der Waals surface area (Å²) in [7, 11) is 0. The van der Waals surface area contributed by atoms with Gasteiger partial charge in [-0.1, -0.05) is 36.4 Å². The van der Waals surface area contributed by atoms with E-state index in [0.717, 1.165) is 28.1 Å². The molecular weight excluding hydrogens is 412 g/mol. The van der Waals surface area contributed by atoms with Crippen LogP contribution in [-0.2, 0) is 17.8 Å². The molecule has 0 N–H and O–H groups in total. The molecular formula is C27H28N4O2. The second kappa shape index (κ2) is 8.03. The average molecular weight is 441 g/mol. The first kappa shape index (κ1) is 21.2. The van der Waals surface area contributed by atoms with E-state index in [-0.39, 0.29) is 12.1 Å². The monoisotopic (exact) mass is 440 g/mol. The minimum Gasteiger partial charge on any atom is -0.444 e. The van der Waals surface area contributed by atoms with Crippen molar-refractivity contribution in [2.45, 2.75) is 52.4 Å². The lowest BCUT2D eigenvalue weighted by Gasteiger charge is -2.35. The molecule has 4 aromatic rings. The number of ether oxygens (including phenoxy) is 1. The zero-order valence-corrected chi connectivity index (χ0v) is 19.4. The van der Waals surface area contributed by atoms with Crippen LogP contribution in [0.15, 0.2) is 67.0 Å². The molecule has 0 fully saturated rings. The van der Waals surface area contributed by atoms with Crippen molar-refractivity contribution < 1.29 is 9.53 Å². The van der Waals surface area contributed by atoms with E-state index in [4.69, 9.17) is 9.84 Å². The molecule has 1 unspecified atom stereocenters. The van der Waals surface area contributed by atoms with Crippen molar-refractivity contribution in [1.29, 1.82) is 0 Å². The van der Waals surface area contributed by atoms with Crippen LogP contribution in [-0.4, -0.2) is 37.4 Å². The van der Waals surface area contributed by atoms with Gasteiger partial charge in [0.1, 0.15) is 11.3 Å². The number of fused-ring (bicyclic) bond motifs is 2. The van der Waals surface area contributed by atoms with Crippen LogP contribution in [0.25, 0.3) is 33.2 Å². The highest BCUT2D eigenvalue weighted by molar-refractivity contribution is 5.90. The lowest BCUT2D eigenvalue weighted by atomic mass is 9.97. The molecule has 0 saturated heterocycles. The third kappa shape index (κ3) is 4.09. The van der Waals surface area contributed by atoms with Crippen LogP contribution in [0.3, 0.4) is 0 Å². The molecule has 2 aromatic heterocycles. The third-order valence-corrected chi connectivity index (χ3v) is 5.97. The summed E-state index contributed by atoms with van der Waals surface area (Å²) in [5.74, 6) is 0. The number of nitrogens with zero attached hydrogens (tertiary/aromatic N) is 4. The smallest absolute Gasteiger partial charge is 0.410 e. The molecule has 33 heavy (non-hydrogen) atoms. The fourth-order valence-corrected chi connectivity index (χ4v) is 4.40. The maximum atomic E-state index is 13.0. The summed E-state index contributed by atoms with van der Waals surface area (Å²) >= 11 is 0. The first-order valence-corrected chi connectivity index (χ1v) is 11.3. The number of carbonyl (C=O) groups is 1. The first-order chi connectivity index (χ1) is 15.8. The highest BCUT2D eigenvalue weighted by Gasteiger charge is 2.34. The summed E-state index contributed by atoms with van der Waals surface area (Å²) in [5.41, 5.74) is 4.51. The number of hydrogen-bond acceptors (Lipinski definition) is 4. The summed E-state index contributed by atoms with van der Waals surface area (Å²) in [6.07, 6.45) is 3.29. The summed E-state index contributed by atoms with van der Waals surface area (Å²) in [6.45, 7) is 8.77. The Bertz CT molecular complexity index is 1320. The van der Waals surface area contributed by atoms with Gasteiger partial charge >= 0.3 is 6.09 Å². The van der Waals surface area contributed by atoms with E-state index >= 15 is 0 Å². The van der Waals surface area contributed by atoms with Gasteiger partial charge in [0, 0.05) is 23.5 Å². The normalized spacial score (nSPS) is 16.0. The molecule has 0 bridgehead atoms. The second-order valence-electron chi connectivity index (χ2n) is 9.61. The van der Waals surface area contributed by atoms with Gasteiger partial charge in [-0.3, -0.25) is 14.6 Å². The van der Waals surface area contributed by atoms with Gasteiger partial charge in [0.25, 0.3) is 0 Å². The van der Waals surface area contributed by atoms with Crippen LogP contribution >= 0.6 is 0 Å². The number of aromatic nitrogens is 3. The molecule has 5 rings (SSSR count). The fraction of sp³-hybridized carbons (Fsp3) is 0.296. The average Bonchev–Trinajstić information content (AvgIpc) is 3.15.